The maximum Gasteiger partial charge on any atom is 0.266 e. The van der Waals surface area contributed by atoms with Gasteiger partial charge in [0.15, 0.2) is 0 Å². The maximum absolute atomic E-state index is 12.2. The third kappa shape index (κ3) is 5.02. The first kappa shape index (κ1) is 19.5. The Morgan fingerprint density at radius 2 is 1.88 bits per heavy atom. The molecule has 0 radical (unpaired) electrons. The Morgan fingerprint density at radius 1 is 1.15 bits per heavy atom. The Kier molecular flexibility index (Phi) is 5.57. The number of nitrogens with one attached hydrogen (secondary N) is 1. The summed E-state index contributed by atoms with van der Waals surface area (Å²) in [6.07, 6.45) is -1.08. The van der Waals surface area contributed by atoms with Crippen molar-refractivity contribution in [3.8, 4) is 0 Å². The molecule has 3 N–H and O–H groups in total. The van der Waals surface area contributed by atoms with Crippen LogP contribution in [0, 0.1) is 46.3 Å². The minimum absolute atomic E-state index is 0.00129. The molecule has 0 spiro atoms. The summed E-state index contributed by atoms with van der Waals surface area (Å²) in [6.45, 7) is 6.46. The molecule has 1 amide bonds. The van der Waals surface area contributed by atoms with Crippen LogP contribution >= 0.6 is 0 Å². The molecular formula is C26H45NO5S. The van der Waals surface area contributed by atoms with Crippen LogP contribution < -0.4 is 5.32 Å². The SMILES string of the molecule is [2H]C1([2H])C[C@@]2(C)C3CC[C@@]4(C)C([C@@H](C)CCC(=O)NCCS(=O)(=O)O)CC[C@@H]4[C@H]3CC[C@H]2C([2H])([2H])[C@@]1([2H])O. The molecule has 190 valence electrons. The van der Waals surface area contributed by atoms with E-state index in [1.807, 2.05) is 6.92 Å². The van der Waals surface area contributed by atoms with E-state index in [1.54, 1.807) is 0 Å². The molecule has 4 aliphatic rings. The van der Waals surface area contributed by atoms with Gasteiger partial charge in [-0.1, -0.05) is 20.8 Å². The lowest BCUT2D eigenvalue weighted by Gasteiger charge is -2.61. The van der Waals surface area contributed by atoms with Gasteiger partial charge in [0.25, 0.3) is 10.1 Å². The Balaban J connectivity index is 1.45. The predicted octanol–water partition coefficient (Wildman–Crippen LogP) is 4.43. The van der Waals surface area contributed by atoms with Crippen molar-refractivity contribution >= 4 is 16.0 Å². The van der Waals surface area contributed by atoms with Crippen LogP contribution in [0.25, 0.3) is 0 Å². The van der Waals surface area contributed by atoms with E-state index in [0.29, 0.717) is 42.9 Å². The van der Waals surface area contributed by atoms with Gasteiger partial charge in [0.1, 0.15) is 0 Å². The molecule has 0 aliphatic heterocycles. The van der Waals surface area contributed by atoms with Crippen LogP contribution in [-0.2, 0) is 14.9 Å². The lowest BCUT2D eigenvalue weighted by molar-refractivity contribution is -0.129. The molecular weight excluding hydrogens is 438 g/mol. The summed E-state index contributed by atoms with van der Waals surface area (Å²) < 4.78 is 73.1. The normalized spacial score (nSPS) is 51.3. The summed E-state index contributed by atoms with van der Waals surface area (Å²) in [5.74, 6) is 0.437. The predicted molar refractivity (Wildman–Crippen MR) is 129 cm³/mol. The number of hydrogen-bond acceptors (Lipinski definition) is 4. The molecule has 0 heterocycles. The topological polar surface area (TPSA) is 104 Å². The van der Waals surface area contributed by atoms with E-state index in [-0.39, 0.29) is 30.2 Å². The van der Waals surface area contributed by atoms with E-state index >= 15 is 0 Å². The Labute approximate surface area is 207 Å². The average molecular weight is 489 g/mol. The number of amides is 1. The summed E-state index contributed by atoms with van der Waals surface area (Å²) in [7, 11) is -4.10. The fourth-order valence-corrected chi connectivity index (χ4v) is 8.74. The molecule has 6 nitrogen and oxygen atoms in total. The molecule has 0 saturated heterocycles. The minimum Gasteiger partial charge on any atom is -0.393 e. The van der Waals surface area contributed by atoms with Gasteiger partial charge in [-0.05, 0) is 110 Å². The van der Waals surface area contributed by atoms with E-state index in [1.165, 1.54) is 0 Å². The molecule has 0 bridgehead atoms. The first-order chi connectivity index (χ1) is 17.3. The van der Waals surface area contributed by atoms with Crippen molar-refractivity contribution < 1.29 is 29.7 Å². The van der Waals surface area contributed by atoms with Crippen molar-refractivity contribution in [3.63, 3.8) is 0 Å². The molecule has 0 aromatic heterocycles. The van der Waals surface area contributed by atoms with Crippen LogP contribution in [0.5, 0.6) is 0 Å². The number of hydrogen-bond donors (Lipinski definition) is 3. The summed E-state index contributed by atoms with van der Waals surface area (Å²) in [5, 5.41) is 13.3. The molecule has 0 aromatic carbocycles. The molecule has 7 heteroatoms. The molecule has 4 saturated carbocycles. The van der Waals surface area contributed by atoms with E-state index in [0.717, 1.165) is 32.1 Å². The highest BCUT2D eigenvalue weighted by atomic mass is 32.2. The van der Waals surface area contributed by atoms with E-state index < -0.39 is 46.0 Å². The van der Waals surface area contributed by atoms with Gasteiger partial charge in [0.2, 0.25) is 5.91 Å². The van der Waals surface area contributed by atoms with Crippen molar-refractivity contribution in [2.24, 2.45) is 46.3 Å². The maximum atomic E-state index is 12.2. The first-order valence-electron chi connectivity index (χ1n) is 15.2. The zero-order valence-electron chi connectivity index (χ0n) is 25.3. The van der Waals surface area contributed by atoms with Crippen molar-refractivity contribution in [1.82, 2.24) is 5.32 Å². The highest BCUT2D eigenvalue weighted by Crippen LogP contribution is 2.68. The quantitative estimate of drug-likeness (QED) is 0.460. The molecule has 4 fully saturated rings. The van der Waals surface area contributed by atoms with Gasteiger partial charge >= 0.3 is 0 Å². The van der Waals surface area contributed by atoms with Crippen LogP contribution in [0.3, 0.4) is 0 Å². The average Bonchev–Trinajstić information content (AvgIpc) is 3.12. The smallest absolute Gasteiger partial charge is 0.266 e. The second-order valence-corrected chi connectivity index (χ2v) is 13.3. The van der Waals surface area contributed by atoms with Crippen molar-refractivity contribution in [2.75, 3.05) is 12.3 Å². The van der Waals surface area contributed by atoms with Crippen LogP contribution in [0.4, 0.5) is 0 Å². The van der Waals surface area contributed by atoms with Gasteiger partial charge in [-0.15, -0.1) is 0 Å². The van der Waals surface area contributed by atoms with Crippen molar-refractivity contribution in [3.05, 3.63) is 0 Å². The lowest BCUT2D eigenvalue weighted by Crippen LogP contribution is -2.54. The Bertz CT molecular complexity index is 1040. The third-order valence-corrected chi connectivity index (χ3v) is 10.8. The zero-order chi connectivity index (χ0) is 28.5. The van der Waals surface area contributed by atoms with E-state index in [4.69, 9.17) is 11.4 Å². The molecule has 0 aromatic rings. The van der Waals surface area contributed by atoms with Gasteiger partial charge in [-0.2, -0.15) is 8.42 Å². The fraction of sp³-hybridized carbons (Fsp3) is 0.962. The van der Waals surface area contributed by atoms with Crippen molar-refractivity contribution in [2.45, 2.75) is 97.4 Å². The zero-order valence-corrected chi connectivity index (χ0v) is 21.1. The van der Waals surface area contributed by atoms with Gasteiger partial charge in [-0.25, -0.2) is 0 Å². The first-order valence-corrected chi connectivity index (χ1v) is 14.3. The van der Waals surface area contributed by atoms with Crippen molar-refractivity contribution in [1.29, 1.82) is 0 Å². The second kappa shape index (κ2) is 9.42. The summed E-state index contributed by atoms with van der Waals surface area (Å²) >= 11 is 0. The van der Waals surface area contributed by atoms with Crippen LogP contribution in [0.2, 0.25) is 0 Å². The van der Waals surface area contributed by atoms with Crippen LogP contribution in [0.15, 0.2) is 0 Å². The third-order valence-electron chi connectivity index (χ3n) is 10.1. The Hall–Kier alpha value is -0.660. The van der Waals surface area contributed by atoms with Crippen LogP contribution in [0.1, 0.15) is 98.2 Å². The number of rotatable bonds is 7. The Morgan fingerprint density at radius 3 is 2.61 bits per heavy atom. The summed E-state index contributed by atoms with van der Waals surface area (Å²) in [5.41, 5.74) is -0.525. The highest BCUT2D eigenvalue weighted by molar-refractivity contribution is 7.85. The molecule has 2 unspecified atom stereocenters. The number of fused-ring (bicyclic) bond motifs is 5. The number of carbonyl (C=O) groups excluding carboxylic acids is 1. The fourth-order valence-electron chi connectivity index (χ4n) is 8.38. The van der Waals surface area contributed by atoms with E-state index in [2.05, 4.69) is 19.2 Å². The molecule has 33 heavy (non-hydrogen) atoms. The highest BCUT2D eigenvalue weighted by Gasteiger charge is 2.60. The van der Waals surface area contributed by atoms with E-state index in [9.17, 15) is 18.3 Å². The van der Waals surface area contributed by atoms with Gasteiger partial charge < -0.3 is 10.4 Å². The van der Waals surface area contributed by atoms with Gasteiger partial charge in [-0.3, -0.25) is 9.35 Å². The summed E-state index contributed by atoms with van der Waals surface area (Å²) in [6, 6.07) is 0. The standard InChI is InChI=1S/C26H45NO5S/c1-17(4-9-24(29)27-14-15-33(30,31)32)21-7-8-22-20-6-5-18-16-19(28)10-12-25(18,2)23(20)11-13-26(21,22)3/h17-23,28H,4-16H2,1-3H3,(H,27,29)(H,30,31,32)/t17-,18-,19-,20+,21?,22+,23?,25+,26-/m0/s1/i10D2,16D2,19D. The summed E-state index contributed by atoms with van der Waals surface area (Å²) in [4.78, 5) is 12.2. The molecule has 4 aliphatic carbocycles. The molecule has 4 rings (SSSR count). The number of carbonyl (C=O) groups is 1. The molecule has 9 atom stereocenters. The second-order valence-electron chi connectivity index (χ2n) is 11.7. The monoisotopic (exact) mass is 488 g/mol. The lowest BCUT2D eigenvalue weighted by atomic mass is 9.44. The largest absolute Gasteiger partial charge is 0.393 e. The van der Waals surface area contributed by atoms with Gasteiger partial charge in [0, 0.05) is 18.4 Å². The van der Waals surface area contributed by atoms with Crippen LogP contribution in [-0.4, -0.2) is 42.4 Å². The minimum atomic E-state index is -4.10. The number of aliphatic hydroxyl groups is 1. The van der Waals surface area contributed by atoms with Gasteiger partial charge in [0.05, 0.1) is 13.2 Å².